The zero-order valence-electron chi connectivity index (χ0n) is 18.5. The van der Waals surface area contributed by atoms with Crippen molar-refractivity contribution in [1.29, 1.82) is 0 Å². The summed E-state index contributed by atoms with van der Waals surface area (Å²) < 4.78 is 32.2. The summed E-state index contributed by atoms with van der Waals surface area (Å²) >= 11 is 0. The molecule has 8 nitrogen and oxygen atoms in total. The van der Waals surface area contributed by atoms with Gasteiger partial charge in [-0.3, -0.25) is 9.59 Å². The Morgan fingerprint density at radius 2 is 1.48 bits per heavy atom. The van der Waals surface area contributed by atoms with Gasteiger partial charge in [0.2, 0.25) is 21.8 Å². The van der Waals surface area contributed by atoms with Crippen LogP contribution in [0.15, 0.2) is 77.7 Å². The fourth-order valence-electron chi connectivity index (χ4n) is 3.00. The second-order valence-electron chi connectivity index (χ2n) is 7.46. The maximum Gasteiger partial charge on any atom is 0.243 e. The number of benzene rings is 3. The van der Waals surface area contributed by atoms with E-state index in [1.807, 2.05) is 31.2 Å². The number of nitrogens with zero attached hydrogens (tertiary/aromatic N) is 1. The lowest BCUT2D eigenvalue weighted by Crippen LogP contribution is -2.34. The number of anilines is 2. The van der Waals surface area contributed by atoms with E-state index in [4.69, 9.17) is 4.74 Å². The zero-order valence-corrected chi connectivity index (χ0v) is 19.3. The first kappa shape index (κ1) is 24.0. The number of carbonyl (C=O) groups excluding carboxylic acids is 2. The Labute approximate surface area is 193 Å². The summed E-state index contributed by atoms with van der Waals surface area (Å²) in [5, 5.41) is 5.25. The van der Waals surface area contributed by atoms with Gasteiger partial charge in [0, 0.05) is 25.3 Å². The van der Waals surface area contributed by atoms with Crippen molar-refractivity contribution >= 4 is 33.2 Å². The molecule has 3 rings (SSSR count). The van der Waals surface area contributed by atoms with Crippen LogP contribution in [0.1, 0.15) is 12.5 Å². The molecule has 0 unspecified atom stereocenters. The Morgan fingerprint density at radius 1 is 0.879 bits per heavy atom. The van der Waals surface area contributed by atoms with Crippen LogP contribution in [0.4, 0.5) is 11.4 Å². The molecule has 0 aliphatic carbocycles. The summed E-state index contributed by atoms with van der Waals surface area (Å²) in [5.74, 6) is 0.585. The quantitative estimate of drug-likeness (QED) is 0.521. The Hall–Kier alpha value is -3.69. The van der Waals surface area contributed by atoms with Crippen molar-refractivity contribution in [3.8, 4) is 11.5 Å². The molecule has 0 radical (unpaired) electrons. The van der Waals surface area contributed by atoms with E-state index < -0.39 is 15.9 Å². The molecule has 0 fully saturated rings. The molecule has 2 amide bonds. The molecular weight excluding hydrogens is 442 g/mol. The van der Waals surface area contributed by atoms with E-state index in [1.54, 1.807) is 24.3 Å². The van der Waals surface area contributed by atoms with Crippen molar-refractivity contribution in [3.63, 3.8) is 0 Å². The molecule has 0 atom stereocenters. The molecule has 3 aromatic carbocycles. The SMILES string of the molecule is CC(=O)Nc1ccc(S(=O)(=O)N(C)CC(=O)Nc2ccc(Oc3cccc(C)c3)cc2)cc1. The van der Waals surface area contributed by atoms with Gasteiger partial charge in [-0.05, 0) is 73.2 Å². The topological polar surface area (TPSA) is 105 Å². The van der Waals surface area contributed by atoms with Gasteiger partial charge in [-0.2, -0.15) is 4.31 Å². The van der Waals surface area contributed by atoms with E-state index in [9.17, 15) is 18.0 Å². The van der Waals surface area contributed by atoms with Gasteiger partial charge in [0.25, 0.3) is 0 Å². The fraction of sp³-hybridized carbons (Fsp3) is 0.167. The number of amides is 2. The Kier molecular flexibility index (Phi) is 7.47. The number of hydrogen-bond acceptors (Lipinski definition) is 5. The second kappa shape index (κ2) is 10.3. The summed E-state index contributed by atoms with van der Waals surface area (Å²) in [7, 11) is -2.55. The number of ether oxygens (including phenoxy) is 1. The third-order valence-electron chi connectivity index (χ3n) is 4.61. The maximum absolute atomic E-state index is 12.7. The number of aryl methyl sites for hydroxylation is 1. The van der Waals surface area contributed by atoms with Gasteiger partial charge >= 0.3 is 0 Å². The predicted octanol–water partition coefficient (Wildman–Crippen LogP) is 4.00. The van der Waals surface area contributed by atoms with E-state index in [-0.39, 0.29) is 17.3 Å². The van der Waals surface area contributed by atoms with Crippen LogP contribution in [0.3, 0.4) is 0 Å². The van der Waals surface area contributed by atoms with Crippen LogP contribution in [0.2, 0.25) is 0 Å². The summed E-state index contributed by atoms with van der Waals surface area (Å²) in [6.07, 6.45) is 0. The third kappa shape index (κ3) is 6.64. The Bertz CT molecular complexity index is 1240. The highest BCUT2D eigenvalue weighted by molar-refractivity contribution is 7.89. The molecular formula is C24H25N3O5S. The smallest absolute Gasteiger partial charge is 0.243 e. The van der Waals surface area contributed by atoms with Crippen molar-refractivity contribution in [2.45, 2.75) is 18.7 Å². The van der Waals surface area contributed by atoms with Crippen LogP contribution in [0.25, 0.3) is 0 Å². The fourth-order valence-corrected chi connectivity index (χ4v) is 4.13. The first-order chi connectivity index (χ1) is 15.6. The zero-order chi connectivity index (χ0) is 24.0. The molecule has 0 saturated carbocycles. The van der Waals surface area contributed by atoms with Gasteiger partial charge in [-0.25, -0.2) is 8.42 Å². The van der Waals surface area contributed by atoms with Crippen molar-refractivity contribution in [2.75, 3.05) is 24.2 Å². The second-order valence-corrected chi connectivity index (χ2v) is 9.50. The van der Waals surface area contributed by atoms with Gasteiger partial charge in [0.15, 0.2) is 0 Å². The normalized spacial score (nSPS) is 11.2. The number of sulfonamides is 1. The molecule has 33 heavy (non-hydrogen) atoms. The summed E-state index contributed by atoms with van der Waals surface area (Å²) in [6, 6.07) is 20.2. The molecule has 2 N–H and O–H groups in total. The van der Waals surface area contributed by atoms with Crippen LogP contribution in [-0.2, 0) is 19.6 Å². The molecule has 9 heteroatoms. The molecule has 0 aromatic heterocycles. The summed E-state index contributed by atoms with van der Waals surface area (Å²) in [6.45, 7) is 2.97. The Balaban J connectivity index is 1.58. The van der Waals surface area contributed by atoms with Crippen molar-refractivity contribution in [3.05, 3.63) is 78.4 Å². The molecule has 0 heterocycles. The highest BCUT2D eigenvalue weighted by Crippen LogP contribution is 2.24. The molecule has 0 aliphatic rings. The van der Waals surface area contributed by atoms with Crippen LogP contribution >= 0.6 is 0 Å². The maximum atomic E-state index is 12.7. The standard InChI is InChI=1S/C24H25N3O5S/c1-17-5-4-6-22(15-17)32-21-11-7-20(8-12-21)26-24(29)16-27(3)33(30,31)23-13-9-19(10-14-23)25-18(2)28/h4-15H,16H2,1-3H3,(H,25,28)(H,26,29). The Morgan fingerprint density at radius 3 is 2.09 bits per heavy atom. The van der Waals surface area contributed by atoms with Gasteiger partial charge in [-0.15, -0.1) is 0 Å². The molecule has 3 aromatic rings. The average molecular weight is 468 g/mol. The third-order valence-corrected chi connectivity index (χ3v) is 6.43. The van der Waals surface area contributed by atoms with Crippen molar-refractivity contribution in [1.82, 2.24) is 4.31 Å². The molecule has 0 bridgehead atoms. The van der Waals surface area contributed by atoms with Crippen LogP contribution in [0.5, 0.6) is 11.5 Å². The van der Waals surface area contributed by atoms with Crippen LogP contribution < -0.4 is 15.4 Å². The summed E-state index contributed by atoms with van der Waals surface area (Å²) in [5.41, 5.74) is 2.08. The van der Waals surface area contributed by atoms with Crippen molar-refractivity contribution < 1.29 is 22.7 Å². The van der Waals surface area contributed by atoms with E-state index in [1.165, 1.54) is 38.2 Å². The number of nitrogens with one attached hydrogen (secondary N) is 2. The number of rotatable bonds is 8. The minimum atomic E-state index is -3.88. The van der Waals surface area contributed by atoms with Gasteiger partial charge in [0.1, 0.15) is 11.5 Å². The highest BCUT2D eigenvalue weighted by Gasteiger charge is 2.23. The minimum Gasteiger partial charge on any atom is -0.457 e. The lowest BCUT2D eigenvalue weighted by atomic mass is 10.2. The molecule has 0 saturated heterocycles. The number of likely N-dealkylation sites (N-methyl/N-ethyl adjacent to an activating group) is 1. The van der Waals surface area contributed by atoms with Crippen molar-refractivity contribution in [2.24, 2.45) is 0 Å². The van der Waals surface area contributed by atoms with Crippen LogP contribution in [0, 0.1) is 6.92 Å². The summed E-state index contributed by atoms with van der Waals surface area (Å²) in [4.78, 5) is 23.5. The van der Waals surface area contributed by atoms with Gasteiger partial charge in [-0.1, -0.05) is 12.1 Å². The van der Waals surface area contributed by atoms with E-state index in [0.717, 1.165) is 9.87 Å². The van der Waals surface area contributed by atoms with E-state index in [2.05, 4.69) is 10.6 Å². The number of hydrogen-bond donors (Lipinski definition) is 2. The minimum absolute atomic E-state index is 0.0181. The number of carbonyl (C=O) groups is 2. The largest absolute Gasteiger partial charge is 0.457 e. The molecule has 0 aliphatic heterocycles. The highest BCUT2D eigenvalue weighted by atomic mass is 32.2. The molecule has 172 valence electrons. The van der Waals surface area contributed by atoms with E-state index in [0.29, 0.717) is 22.9 Å². The van der Waals surface area contributed by atoms with Gasteiger partial charge in [0.05, 0.1) is 11.4 Å². The van der Waals surface area contributed by atoms with E-state index >= 15 is 0 Å². The predicted molar refractivity (Wildman–Crippen MR) is 127 cm³/mol. The monoisotopic (exact) mass is 467 g/mol. The lowest BCUT2D eigenvalue weighted by Gasteiger charge is -2.17. The first-order valence-electron chi connectivity index (χ1n) is 10.1. The van der Waals surface area contributed by atoms with Crippen LogP contribution in [-0.4, -0.2) is 38.1 Å². The molecule has 0 spiro atoms. The van der Waals surface area contributed by atoms with Gasteiger partial charge < -0.3 is 15.4 Å². The average Bonchev–Trinajstić information content (AvgIpc) is 2.75. The lowest BCUT2D eigenvalue weighted by molar-refractivity contribution is -0.116. The first-order valence-corrected chi connectivity index (χ1v) is 11.6.